The maximum absolute atomic E-state index is 13.1. The van der Waals surface area contributed by atoms with Crippen LogP contribution < -0.4 is 0 Å². The molecule has 0 atom stereocenters. The molecule has 0 heterocycles. The largest absolute Gasteiger partial charge is 0.300 e. The van der Waals surface area contributed by atoms with Gasteiger partial charge in [0.05, 0.1) is 0 Å². The van der Waals surface area contributed by atoms with Crippen molar-refractivity contribution in [2.75, 3.05) is 0 Å². The van der Waals surface area contributed by atoms with Gasteiger partial charge in [-0.05, 0) is 53.0 Å². The molecular weight excluding hydrogens is 404 g/mol. The van der Waals surface area contributed by atoms with Gasteiger partial charge in [-0.25, -0.2) is 17.6 Å². The van der Waals surface area contributed by atoms with Gasteiger partial charge in [0.1, 0.15) is 17.3 Å². The van der Waals surface area contributed by atoms with Gasteiger partial charge >= 0.3 is 0 Å². The van der Waals surface area contributed by atoms with Gasteiger partial charge in [-0.1, -0.05) is 6.08 Å². The Morgan fingerprint density at radius 1 is 0.633 bits per heavy atom. The van der Waals surface area contributed by atoms with Crippen molar-refractivity contribution in [3.05, 3.63) is 12.2 Å². The Balaban J connectivity index is 0. The molecule has 30 heavy (non-hydrogen) atoms. The Hall–Kier alpha value is -1.86. The SMILES string of the molecule is CC(=O)/C=C/CCC(F)(F)CCC(C)=O.CC(=O)CCCCC(F)(F)CCC(C)=O. The third-order valence-electron chi connectivity index (χ3n) is 4.04. The lowest BCUT2D eigenvalue weighted by Crippen LogP contribution is -2.17. The number of alkyl halides is 4. The predicted octanol–water partition coefficient (Wildman–Crippen LogP) is 6.06. The van der Waals surface area contributed by atoms with E-state index in [2.05, 4.69) is 0 Å². The number of Topliss-reactive ketones (excluding diaryl/α,β-unsaturated/α-hetero) is 3. The van der Waals surface area contributed by atoms with E-state index in [9.17, 15) is 36.7 Å². The smallest absolute Gasteiger partial charge is 0.248 e. The monoisotopic (exact) mass is 438 g/mol. The fourth-order valence-electron chi connectivity index (χ4n) is 2.27. The van der Waals surface area contributed by atoms with E-state index in [-0.39, 0.29) is 61.7 Å². The quantitative estimate of drug-likeness (QED) is 0.177. The second kappa shape index (κ2) is 15.9. The summed E-state index contributed by atoms with van der Waals surface area (Å²) < 4.78 is 52.2. The molecule has 0 radical (unpaired) electrons. The van der Waals surface area contributed by atoms with Crippen molar-refractivity contribution in [3.8, 4) is 0 Å². The number of rotatable bonds is 15. The van der Waals surface area contributed by atoms with Gasteiger partial charge in [0.25, 0.3) is 0 Å². The maximum atomic E-state index is 13.1. The van der Waals surface area contributed by atoms with Gasteiger partial charge < -0.3 is 14.4 Å². The second-order valence-corrected chi connectivity index (χ2v) is 7.58. The van der Waals surface area contributed by atoms with E-state index in [4.69, 9.17) is 0 Å². The van der Waals surface area contributed by atoms with Crippen molar-refractivity contribution in [2.45, 2.75) is 104 Å². The van der Waals surface area contributed by atoms with E-state index in [1.165, 1.54) is 39.8 Å². The summed E-state index contributed by atoms with van der Waals surface area (Å²) in [5.41, 5.74) is 0. The Bertz CT molecular complexity index is 584. The number of hydrogen-bond acceptors (Lipinski definition) is 4. The normalized spacial score (nSPS) is 11.7. The third kappa shape index (κ3) is 24.2. The van der Waals surface area contributed by atoms with Crippen molar-refractivity contribution in [3.63, 3.8) is 0 Å². The maximum Gasteiger partial charge on any atom is 0.248 e. The van der Waals surface area contributed by atoms with Crippen LogP contribution >= 0.6 is 0 Å². The molecule has 0 fully saturated rings. The van der Waals surface area contributed by atoms with Gasteiger partial charge in [-0.2, -0.15) is 0 Å². The summed E-state index contributed by atoms with van der Waals surface area (Å²) in [6.45, 7) is 5.43. The molecule has 0 aromatic carbocycles. The minimum Gasteiger partial charge on any atom is -0.300 e. The third-order valence-corrected chi connectivity index (χ3v) is 4.04. The highest BCUT2D eigenvalue weighted by Gasteiger charge is 2.28. The highest BCUT2D eigenvalue weighted by Crippen LogP contribution is 2.27. The molecule has 0 aliphatic rings. The van der Waals surface area contributed by atoms with Crippen molar-refractivity contribution in [1.29, 1.82) is 0 Å². The molecule has 0 unspecified atom stereocenters. The molecule has 0 N–H and O–H groups in total. The summed E-state index contributed by atoms with van der Waals surface area (Å²) in [6, 6.07) is 0. The molecule has 0 aromatic heterocycles. The van der Waals surface area contributed by atoms with Crippen molar-refractivity contribution in [2.24, 2.45) is 0 Å². The average Bonchev–Trinajstić information content (AvgIpc) is 2.60. The molecule has 0 spiro atoms. The number of unbranched alkanes of at least 4 members (excludes halogenated alkanes) is 1. The van der Waals surface area contributed by atoms with Crippen LogP contribution in [0.4, 0.5) is 17.6 Å². The summed E-state index contributed by atoms with van der Waals surface area (Å²) in [5, 5.41) is 0. The highest BCUT2D eigenvalue weighted by atomic mass is 19.3. The molecule has 4 nitrogen and oxygen atoms in total. The van der Waals surface area contributed by atoms with E-state index in [1.807, 2.05) is 0 Å². The number of allylic oxidation sites excluding steroid dienone is 2. The van der Waals surface area contributed by atoms with Gasteiger partial charge in [0, 0.05) is 44.9 Å². The fraction of sp³-hybridized carbons (Fsp3) is 0.727. The first kappa shape index (κ1) is 30.3. The topological polar surface area (TPSA) is 68.3 Å². The Morgan fingerprint density at radius 2 is 1.07 bits per heavy atom. The van der Waals surface area contributed by atoms with E-state index >= 15 is 0 Å². The van der Waals surface area contributed by atoms with Crippen LogP contribution in [0, 0.1) is 0 Å². The van der Waals surface area contributed by atoms with Crippen molar-refractivity contribution >= 4 is 23.1 Å². The molecule has 0 saturated carbocycles. The number of halogens is 4. The second-order valence-electron chi connectivity index (χ2n) is 7.58. The van der Waals surface area contributed by atoms with Crippen LogP contribution in [-0.4, -0.2) is 35.0 Å². The number of carbonyl (C=O) groups excluding carboxylic acids is 4. The van der Waals surface area contributed by atoms with Crippen LogP contribution in [0.5, 0.6) is 0 Å². The zero-order chi connectivity index (χ0) is 23.8. The summed E-state index contributed by atoms with van der Waals surface area (Å²) in [6.07, 6.45) is 2.59. The number of carbonyl (C=O) groups is 4. The molecule has 0 amide bonds. The van der Waals surface area contributed by atoms with Gasteiger partial charge in [0.2, 0.25) is 11.8 Å². The first-order chi connectivity index (χ1) is 13.7. The Kier molecular flexibility index (Phi) is 16.1. The lowest BCUT2D eigenvalue weighted by Gasteiger charge is -2.14. The first-order valence-electron chi connectivity index (χ1n) is 10.1. The average molecular weight is 439 g/mol. The first-order valence-corrected chi connectivity index (χ1v) is 10.1. The summed E-state index contributed by atoms with van der Waals surface area (Å²) in [4.78, 5) is 42.1. The van der Waals surface area contributed by atoms with Gasteiger partial charge in [0.15, 0.2) is 5.78 Å². The van der Waals surface area contributed by atoms with Crippen molar-refractivity contribution in [1.82, 2.24) is 0 Å². The molecule has 0 bridgehead atoms. The molecule has 0 aromatic rings. The minimum absolute atomic E-state index is 0.0297. The highest BCUT2D eigenvalue weighted by molar-refractivity contribution is 5.87. The zero-order valence-corrected chi connectivity index (χ0v) is 18.4. The van der Waals surface area contributed by atoms with Crippen LogP contribution in [0.25, 0.3) is 0 Å². The van der Waals surface area contributed by atoms with Crippen LogP contribution in [0.3, 0.4) is 0 Å². The predicted molar refractivity (Wildman–Crippen MR) is 108 cm³/mol. The Morgan fingerprint density at radius 3 is 1.47 bits per heavy atom. The molecule has 0 saturated heterocycles. The van der Waals surface area contributed by atoms with E-state index in [1.54, 1.807) is 0 Å². The molecule has 0 aliphatic carbocycles. The standard InChI is InChI=1S/C11H18F2O2.C11H16F2O2/c2*1-9(14)5-3-4-7-11(12,13)8-6-10(2)15/h3-8H2,1-2H3;3,5H,4,6-8H2,1-2H3/b;5-3+. The summed E-state index contributed by atoms with van der Waals surface area (Å²) in [7, 11) is 0. The molecular formula is C22H34F4O4. The Labute approximate surface area is 176 Å². The molecule has 174 valence electrons. The van der Waals surface area contributed by atoms with E-state index in [0.717, 1.165) is 0 Å². The minimum atomic E-state index is -2.81. The fourth-order valence-corrected chi connectivity index (χ4v) is 2.27. The lowest BCUT2D eigenvalue weighted by molar-refractivity contribution is -0.120. The zero-order valence-electron chi connectivity index (χ0n) is 18.4. The number of hydrogen-bond donors (Lipinski definition) is 0. The molecule has 0 aliphatic heterocycles. The molecule has 8 heteroatoms. The van der Waals surface area contributed by atoms with Crippen LogP contribution in [0.2, 0.25) is 0 Å². The van der Waals surface area contributed by atoms with Crippen LogP contribution in [0.1, 0.15) is 91.9 Å². The van der Waals surface area contributed by atoms with Gasteiger partial charge in [-0.15, -0.1) is 0 Å². The lowest BCUT2D eigenvalue weighted by atomic mass is 10.0. The number of ketones is 4. The van der Waals surface area contributed by atoms with Crippen LogP contribution in [-0.2, 0) is 19.2 Å². The van der Waals surface area contributed by atoms with E-state index < -0.39 is 18.3 Å². The summed E-state index contributed by atoms with van der Waals surface area (Å²) in [5.74, 6) is -6.13. The summed E-state index contributed by atoms with van der Waals surface area (Å²) >= 11 is 0. The van der Waals surface area contributed by atoms with Crippen molar-refractivity contribution < 1.29 is 36.7 Å². The van der Waals surface area contributed by atoms with Crippen LogP contribution in [0.15, 0.2) is 12.2 Å². The molecule has 0 rings (SSSR count). The van der Waals surface area contributed by atoms with E-state index in [0.29, 0.717) is 19.3 Å². The van der Waals surface area contributed by atoms with Gasteiger partial charge in [-0.3, -0.25) is 4.79 Å².